The van der Waals surface area contributed by atoms with Crippen molar-refractivity contribution in [2.45, 2.75) is 33.1 Å². The van der Waals surface area contributed by atoms with Crippen LogP contribution in [0.3, 0.4) is 0 Å². The van der Waals surface area contributed by atoms with Crippen molar-refractivity contribution >= 4 is 6.08 Å². The monoisotopic (exact) mass is 247 g/mol. The zero-order valence-electron chi connectivity index (χ0n) is 11.8. The van der Waals surface area contributed by atoms with Gasteiger partial charge in [0.05, 0.1) is 6.61 Å². The topological polar surface area (TPSA) is 21.3 Å². The molecule has 0 bridgehead atoms. The molecule has 0 aromatic heterocycles. The Morgan fingerprint density at radius 3 is 2.50 bits per heavy atom. The molecule has 1 rings (SSSR count). The fourth-order valence-corrected chi connectivity index (χ4v) is 1.74. The molecule has 0 radical (unpaired) electrons. The lowest BCUT2D eigenvalue weighted by atomic mass is 10.1. The van der Waals surface area contributed by atoms with Crippen molar-refractivity contribution in [3.05, 3.63) is 35.4 Å². The van der Waals surface area contributed by atoms with Crippen molar-refractivity contribution in [2.75, 3.05) is 20.2 Å². The largest absolute Gasteiger partial charge is 0.494 e. The smallest absolute Gasteiger partial charge is 0.119 e. The average Bonchev–Trinajstić information content (AvgIpc) is 2.40. The van der Waals surface area contributed by atoms with Gasteiger partial charge in [-0.25, -0.2) is 0 Å². The Balaban J connectivity index is 2.58. The first-order valence-corrected chi connectivity index (χ1v) is 6.87. The maximum atomic E-state index is 5.65. The molecule has 0 spiro atoms. The van der Waals surface area contributed by atoms with Gasteiger partial charge in [-0.05, 0) is 37.6 Å². The molecule has 0 unspecified atom stereocenters. The fourth-order valence-electron chi connectivity index (χ4n) is 1.74. The number of rotatable bonds is 8. The van der Waals surface area contributed by atoms with Crippen LogP contribution in [0.15, 0.2) is 29.8 Å². The van der Waals surface area contributed by atoms with Crippen LogP contribution in [0.25, 0.3) is 6.08 Å². The third kappa shape index (κ3) is 5.37. The molecule has 18 heavy (non-hydrogen) atoms. The van der Waals surface area contributed by atoms with E-state index in [1.807, 2.05) is 19.2 Å². The molecular formula is C16H25NO. The van der Waals surface area contributed by atoms with Gasteiger partial charge in [-0.1, -0.05) is 44.1 Å². The fraction of sp³-hybridized carbons (Fsp3) is 0.500. The summed E-state index contributed by atoms with van der Waals surface area (Å²) < 4.78 is 5.65. The Morgan fingerprint density at radius 2 is 1.94 bits per heavy atom. The summed E-state index contributed by atoms with van der Waals surface area (Å²) in [5.41, 5.74) is 2.65. The molecule has 0 saturated heterocycles. The van der Waals surface area contributed by atoms with Crippen LogP contribution in [0.2, 0.25) is 0 Å². The minimum atomic E-state index is 0.811. The van der Waals surface area contributed by atoms with Crippen molar-refractivity contribution < 1.29 is 4.74 Å². The van der Waals surface area contributed by atoms with Crippen LogP contribution in [0, 0.1) is 0 Å². The Morgan fingerprint density at radius 1 is 1.22 bits per heavy atom. The third-order valence-corrected chi connectivity index (χ3v) is 2.88. The summed E-state index contributed by atoms with van der Waals surface area (Å²) in [6, 6.07) is 8.33. The highest BCUT2D eigenvalue weighted by molar-refractivity contribution is 5.54. The number of hydrogen-bond acceptors (Lipinski definition) is 2. The zero-order chi connectivity index (χ0) is 13.2. The maximum absolute atomic E-state index is 5.65. The second-order valence-corrected chi connectivity index (χ2v) is 4.46. The summed E-state index contributed by atoms with van der Waals surface area (Å²) in [5, 5.41) is 3.19. The van der Waals surface area contributed by atoms with E-state index in [2.05, 4.69) is 37.4 Å². The van der Waals surface area contributed by atoms with Crippen molar-refractivity contribution in [1.29, 1.82) is 0 Å². The van der Waals surface area contributed by atoms with Crippen LogP contribution in [0.5, 0.6) is 5.75 Å². The number of likely N-dealkylation sites (N-methyl/N-ethyl adjacent to an activating group) is 1. The predicted molar refractivity (Wildman–Crippen MR) is 79.0 cm³/mol. The van der Waals surface area contributed by atoms with Gasteiger partial charge >= 0.3 is 0 Å². The molecule has 1 N–H and O–H groups in total. The van der Waals surface area contributed by atoms with Gasteiger partial charge in [-0.3, -0.25) is 0 Å². The van der Waals surface area contributed by atoms with Crippen LogP contribution in [0.1, 0.15) is 38.7 Å². The number of ether oxygens (including phenoxy) is 1. The molecule has 2 nitrogen and oxygen atoms in total. The van der Waals surface area contributed by atoms with Crippen molar-refractivity contribution in [3.8, 4) is 5.75 Å². The number of benzene rings is 1. The Bertz CT molecular complexity index is 354. The van der Waals surface area contributed by atoms with E-state index in [-0.39, 0.29) is 0 Å². The van der Waals surface area contributed by atoms with Gasteiger partial charge < -0.3 is 10.1 Å². The van der Waals surface area contributed by atoms with E-state index in [0.29, 0.717) is 0 Å². The lowest BCUT2D eigenvalue weighted by Crippen LogP contribution is -2.09. The molecule has 100 valence electrons. The van der Waals surface area contributed by atoms with E-state index in [4.69, 9.17) is 4.74 Å². The van der Waals surface area contributed by atoms with Crippen molar-refractivity contribution in [3.63, 3.8) is 0 Å². The molecule has 1 aromatic rings. The van der Waals surface area contributed by atoms with Gasteiger partial charge in [0.25, 0.3) is 0 Å². The lowest BCUT2D eigenvalue weighted by molar-refractivity contribution is 0.309. The van der Waals surface area contributed by atoms with E-state index >= 15 is 0 Å². The molecule has 0 aliphatic carbocycles. The van der Waals surface area contributed by atoms with Crippen LogP contribution in [-0.2, 0) is 0 Å². The molecule has 0 fully saturated rings. The van der Waals surface area contributed by atoms with Crippen LogP contribution < -0.4 is 10.1 Å². The van der Waals surface area contributed by atoms with Crippen LogP contribution in [0.4, 0.5) is 0 Å². The SMILES string of the molecule is CCCCOc1ccc(C=C(CC)CNC)cc1. The summed E-state index contributed by atoms with van der Waals surface area (Å²) in [4.78, 5) is 0. The van der Waals surface area contributed by atoms with E-state index in [0.717, 1.165) is 31.7 Å². The first kappa shape index (κ1) is 14.8. The molecule has 0 aliphatic heterocycles. The van der Waals surface area contributed by atoms with Crippen molar-refractivity contribution in [2.24, 2.45) is 0 Å². The van der Waals surface area contributed by atoms with E-state index in [1.54, 1.807) is 0 Å². The van der Waals surface area contributed by atoms with Gasteiger partial charge in [0.2, 0.25) is 0 Å². The lowest BCUT2D eigenvalue weighted by Gasteiger charge is -2.06. The number of nitrogens with one attached hydrogen (secondary N) is 1. The standard InChI is InChI=1S/C16H25NO/c1-4-6-11-18-16-9-7-15(8-10-16)12-14(5-2)13-17-3/h7-10,12,17H,4-6,11,13H2,1-3H3. The molecule has 0 saturated carbocycles. The van der Waals surface area contributed by atoms with Gasteiger partial charge in [-0.2, -0.15) is 0 Å². The van der Waals surface area contributed by atoms with Gasteiger partial charge in [-0.15, -0.1) is 0 Å². The molecule has 1 aromatic carbocycles. The summed E-state index contributed by atoms with van der Waals surface area (Å²) in [6.07, 6.45) is 5.61. The minimum Gasteiger partial charge on any atom is -0.494 e. The second-order valence-electron chi connectivity index (χ2n) is 4.46. The molecule has 2 heteroatoms. The third-order valence-electron chi connectivity index (χ3n) is 2.88. The van der Waals surface area contributed by atoms with Crippen molar-refractivity contribution in [1.82, 2.24) is 5.32 Å². The quantitative estimate of drug-likeness (QED) is 0.704. The summed E-state index contributed by atoms with van der Waals surface area (Å²) in [5.74, 6) is 0.965. The first-order valence-electron chi connectivity index (χ1n) is 6.87. The number of unbranched alkanes of at least 4 members (excludes halogenated alkanes) is 1. The maximum Gasteiger partial charge on any atom is 0.119 e. The normalized spacial score (nSPS) is 11.6. The highest BCUT2D eigenvalue weighted by Gasteiger charge is 1.96. The number of hydrogen-bond donors (Lipinski definition) is 1. The molecule has 0 amide bonds. The van der Waals surface area contributed by atoms with E-state index in [1.165, 1.54) is 17.6 Å². The van der Waals surface area contributed by atoms with Gasteiger partial charge in [0, 0.05) is 6.54 Å². The van der Waals surface area contributed by atoms with Crippen LogP contribution >= 0.6 is 0 Å². The predicted octanol–water partition coefficient (Wildman–Crippen LogP) is 3.88. The molecule has 0 aliphatic rings. The van der Waals surface area contributed by atoms with Crippen LogP contribution in [-0.4, -0.2) is 20.2 Å². The Labute approximate surface area is 111 Å². The molecule has 0 atom stereocenters. The highest BCUT2D eigenvalue weighted by atomic mass is 16.5. The van der Waals surface area contributed by atoms with Gasteiger partial charge in [0.1, 0.15) is 5.75 Å². The van der Waals surface area contributed by atoms with E-state index < -0.39 is 0 Å². The highest BCUT2D eigenvalue weighted by Crippen LogP contribution is 2.15. The minimum absolute atomic E-state index is 0.811. The zero-order valence-corrected chi connectivity index (χ0v) is 11.8. The molecule has 0 heterocycles. The Kier molecular flexibility index (Phi) is 7.19. The molecular weight excluding hydrogens is 222 g/mol. The summed E-state index contributed by atoms with van der Waals surface area (Å²) in [7, 11) is 1.98. The second kappa shape index (κ2) is 8.76. The average molecular weight is 247 g/mol. The first-order chi connectivity index (χ1) is 8.80. The summed E-state index contributed by atoms with van der Waals surface area (Å²) >= 11 is 0. The van der Waals surface area contributed by atoms with E-state index in [9.17, 15) is 0 Å². The summed E-state index contributed by atoms with van der Waals surface area (Å²) in [6.45, 7) is 6.12. The van der Waals surface area contributed by atoms with Gasteiger partial charge in [0.15, 0.2) is 0 Å². The Hall–Kier alpha value is -1.28.